The molecular weight excluding hydrogens is 436 g/mol. The smallest absolute Gasteiger partial charge is 0.251 e. The van der Waals surface area contributed by atoms with Gasteiger partial charge in [0.1, 0.15) is 0 Å². The van der Waals surface area contributed by atoms with Crippen LogP contribution in [0.4, 0.5) is 0 Å². The van der Waals surface area contributed by atoms with Gasteiger partial charge >= 0.3 is 0 Å². The fraction of sp³-hybridized carbons (Fsp3) is 0.409. The van der Waals surface area contributed by atoms with Crippen molar-refractivity contribution in [2.45, 2.75) is 48.4 Å². The summed E-state index contributed by atoms with van der Waals surface area (Å²) >= 11 is 0. The quantitative estimate of drug-likeness (QED) is 0.708. The molecule has 168 valence electrons. The number of carbonyl (C=O) groups excluding carboxylic acids is 1. The molecule has 0 aliphatic carbocycles. The Labute approximate surface area is 184 Å². The first-order valence-corrected chi connectivity index (χ1v) is 13.6. The van der Waals surface area contributed by atoms with E-state index in [1.807, 2.05) is 0 Å². The molecule has 2 aromatic carbocycles. The second-order valence-electron chi connectivity index (χ2n) is 7.88. The standard InChI is InChI=1S/C22H28N2O5S2/c1-17(18-10-12-20(13-11-18)30(2,26)27)23-22(25)19-8-7-9-21(16-19)31(28,29)24-14-5-3-4-6-15-24/h7-13,16-17H,3-6,14-15H2,1-2H3,(H,23,25)/t17-/m0/s1. The van der Waals surface area contributed by atoms with Gasteiger partial charge in [-0.3, -0.25) is 4.79 Å². The van der Waals surface area contributed by atoms with Gasteiger partial charge in [-0.1, -0.05) is 31.0 Å². The van der Waals surface area contributed by atoms with E-state index in [1.54, 1.807) is 31.2 Å². The molecule has 1 saturated heterocycles. The van der Waals surface area contributed by atoms with E-state index in [1.165, 1.54) is 28.6 Å². The van der Waals surface area contributed by atoms with Crippen LogP contribution in [-0.2, 0) is 19.9 Å². The molecule has 1 atom stereocenters. The van der Waals surface area contributed by atoms with Crippen molar-refractivity contribution < 1.29 is 21.6 Å². The Bertz CT molecular complexity index is 1130. The summed E-state index contributed by atoms with van der Waals surface area (Å²) in [6.07, 6.45) is 4.87. The highest BCUT2D eigenvalue weighted by molar-refractivity contribution is 7.90. The summed E-state index contributed by atoms with van der Waals surface area (Å²) in [5, 5.41) is 2.84. The molecule has 0 radical (unpaired) electrons. The van der Waals surface area contributed by atoms with Crippen molar-refractivity contribution in [1.82, 2.24) is 9.62 Å². The van der Waals surface area contributed by atoms with Crippen LogP contribution in [0.5, 0.6) is 0 Å². The molecule has 1 aliphatic heterocycles. The Morgan fingerprint density at radius 1 is 0.903 bits per heavy atom. The van der Waals surface area contributed by atoms with E-state index < -0.39 is 25.8 Å². The van der Waals surface area contributed by atoms with Crippen LogP contribution in [0.1, 0.15) is 54.6 Å². The van der Waals surface area contributed by atoms with Crippen molar-refractivity contribution in [3.8, 4) is 0 Å². The van der Waals surface area contributed by atoms with Gasteiger partial charge in [-0.25, -0.2) is 16.8 Å². The first-order chi connectivity index (χ1) is 14.6. The number of hydrogen-bond acceptors (Lipinski definition) is 5. The van der Waals surface area contributed by atoms with Gasteiger partial charge in [-0.2, -0.15) is 4.31 Å². The topological polar surface area (TPSA) is 101 Å². The first kappa shape index (κ1) is 23.4. The minimum atomic E-state index is -3.64. The lowest BCUT2D eigenvalue weighted by Gasteiger charge is -2.20. The Morgan fingerprint density at radius 2 is 1.52 bits per heavy atom. The molecule has 1 fully saturated rings. The van der Waals surface area contributed by atoms with Crippen LogP contribution in [-0.4, -0.2) is 46.4 Å². The highest BCUT2D eigenvalue weighted by atomic mass is 32.2. The zero-order valence-electron chi connectivity index (χ0n) is 17.7. The van der Waals surface area contributed by atoms with Gasteiger partial charge < -0.3 is 5.32 Å². The molecule has 0 aromatic heterocycles. The summed E-state index contributed by atoms with van der Waals surface area (Å²) in [7, 11) is -6.93. The molecule has 3 rings (SSSR count). The molecule has 0 spiro atoms. The number of rotatable bonds is 6. The van der Waals surface area contributed by atoms with Gasteiger partial charge in [-0.05, 0) is 55.7 Å². The lowest BCUT2D eigenvalue weighted by Crippen LogP contribution is -2.32. The fourth-order valence-corrected chi connectivity index (χ4v) is 5.79. The lowest BCUT2D eigenvalue weighted by molar-refractivity contribution is 0.0939. The number of sulfone groups is 1. The van der Waals surface area contributed by atoms with Crippen molar-refractivity contribution in [2.24, 2.45) is 0 Å². The second-order valence-corrected chi connectivity index (χ2v) is 11.8. The number of hydrogen-bond donors (Lipinski definition) is 1. The summed E-state index contributed by atoms with van der Waals surface area (Å²) in [4.78, 5) is 13.1. The van der Waals surface area contributed by atoms with E-state index in [-0.39, 0.29) is 21.4 Å². The number of benzene rings is 2. The Morgan fingerprint density at radius 3 is 2.10 bits per heavy atom. The molecule has 0 unspecified atom stereocenters. The van der Waals surface area contributed by atoms with Crippen molar-refractivity contribution in [3.05, 3.63) is 59.7 Å². The maximum atomic E-state index is 13.0. The molecule has 1 N–H and O–H groups in total. The number of nitrogens with one attached hydrogen (secondary N) is 1. The molecule has 7 nitrogen and oxygen atoms in total. The second kappa shape index (κ2) is 9.50. The van der Waals surface area contributed by atoms with E-state index in [2.05, 4.69) is 5.32 Å². The SMILES string of the molecule is C[C@H](NC(=O)c1cccc(S(=O)(=O)N2CCCCCC2)c1)c1ccc(S(C)(=O)=O)cc1. The molecule has 1 amide bonds. The van der Waals surface area contributed by atoms with Crippen LogP contribution in [0, 0.1) is 0 Å². The van der Waals surface area contributed by atoms with Crippen LogP contribution in [0.2, 0.25) is 0 Å². The molecule has 0 bridgehead atoms. The molecular formula is C22H28N2O5S2. The lowest BCUT2D eigenvalue weighted by atomic mass is 10.1. The van der Waals surface area contributed by atoms with E-state index >= 15 is 0 Å². The molecule has 0 saturated carbocycles. The van der Waals surface area contributed by atoms with Crippen molar-refractivity contribution in [1.29, 1.82) is 0 Å². The van der Waals surface area contributed by atoms with Crippen LogP contribution in [0.25, 0.3) is 0 Å². The van der Waals surface area contributed by atoms with Gasteiger partial charge in [0.2, 0.25) is 10.0 Å². The van der Waals surface area contributed by atoms with E-state index in [0.29, 0.717) is 13.1 Å². The third-order valence-corrected chi connectivity index (χ3v) is 8.48. The van der Waals surface area contributed by atoms with Gasteiger partial charge in [-0.15, -0.1) is 0 Å². The van der Waals surface area contributed by atoms with E-state index in [9.17, 15) is 21.6 Å². The molecule has 2 aromatic rings. The molecule has 1 heterocycles. The minimum Gasteiger partial charge on any atom is -0.346 e. The summed E-state index contributed by atoms with van der Waals surface area (Å²) < 4.78 is 50.7. The number of amides is 1. The van der Waals surface area contributed by atoms with Crippen molar-refractivity contribution >= 4 is 25.8 Å². The van der Waals surface area contributed by atoms with Crippen LogP contribution >= 0.6 is 0 Å². The first-order valence-electron chi connectivity index (χ1n) is 10.3. The van der Waals surface area contributed by atoms with Gasteiger partial charge in [0.15, 0.2) is 9.84 Å². The summed E-state index contributed by atoms with van der Waals surface area (Å²) in [5.41, 5.74) is 1.00. The number of carbonyl (C=O) groups is 1. The maximum Gasteiger partial charge on any atom is 0.251 e. The molecule has 1 aliphatic rings. The highest BCUT2D eigenvalue weighted by Crippen LogP contribution is 2.22. The highest BCUT2D eigenvalue weighted by Gasteiger charge is 2.26. The predicted molar refractivity (Wildman–Crippen MR) is 119 cm³/mol. The monoisotopic (exact) mass is 464 g/mol. The average Bonchev–Trinajstić information content (AvgIpc) is 3.03. The van der Waals surface area contributed by atoms with E-state index in [4.69, 9.17) is 0 Å². The van der Waals surface area contributed by atoms with Crippen molar-refractivity contribution in [2.75, 3.05) is 19.3 Å². The third kappa shape index (κ3) is 5.72. The predicted octanol–water partition coefficient (Wildman–Crippen LogP) is 3.15. The third-order valence-electron chi connectivity index (χ3n) is 5.45. The number of sulfonamides is 1. The van der Waals surface area contributed by atoms with Crippen LogP contribution in [0.15, 0.2) is 58.3 Å². The van der Waals surface area contributed by atoms with Crippen LogP contribution in [0.3, 0.4) is 0 Å². The van der Waals surface area contributed by atoms with Gasteiger partial charge in [0.25, 0.3) is 5.91 Å². The zero-order valence-corrected chi connectivity index (χ0v) is 19.4. The zero-order chi connectivity index (χ0) is 22.6. The van der Waals surface area contributed by atoms with Crippen molar-refractivity contribution in [3.63, 3.8) is 0 Å². The van der Waals surface area contributed by atoms with E-state index in [0.717, 1.165) is 37.5 Å². The summed E-state index contributed by atoms with van der Waals surface area (Å²) in [5.74, 6) is -0.396. The average molecular weight is 465 g/mol. The fourth-order valence-electron chi connectivity index (χ4n) is 3.60. The largest absolute Gasteiger partial charge is 0.346 e. The Kier molecular flexibility index (Phi) is 7.18. The van der Waals surface area contributed by atoms with Crippen LogP contribution < -0.4 is 5.32 Å². The maximum absolute atomic E-state index is 13.0. The summed E-state index contributed by atoms with van der Waals surface area (Å²) in [6.45, 7) is 2.78. The minimum absolute atomic E-state index is 0.118. The normalized spacial score (nSPS) is 17.0. The van der Waals surface area contributed by atoms with Gasteiger partial charge in [0.05, 0.1) is 15.8 Å². The molecule has 31 heavy (non-hydrogen) atoms. The number of nitrogens with zero attached hydrogens (tertiary/aromatic N) is 1. The van der Waals surface area contributed by atoms with Gasteiger partial charge in [0, 0.05) is 24.9 Å². The molecule has 9 heteroatoms. The summed E-state index contributed by atoms with van der Waals surface area (Å²) in [6, 6.07) is 12.0. The Balaban J connectivity index is 1.75. The Hall–Kier alpha value is -2.23.